The highest BCUT2D eigenvalue weighted by Crippen LogP contribution is 2.37. The predicted octanol–water partition coefficient (Wildman–Crippen LogP) is 5.99. The monoisotopic (exact) mass is 431 g/mol. The molecule has 30 heavy (non-hydrogen) atoms. The molecule has 2 heterocycles. The van der Waals surface area contributed by atoms with E-state index < -0.39 is 11.7 Å². The first-order valence-electron chi connectivity index (χ1n) is 9.30. The maximum atomic E-state index is 13.5. The molecule has 0 saturated carbocycles. The van der Waals surface area contributed by atoms with Crippen LogP contribution in [0.2, 0.25) is 5.02 Å². The van der Waals surface area contributed by atoms with Crippen molar-refractivity contribution in [3.8, 4) is 11.4 Å². The molecule has 0 radical (unpaired) electrons. The zero-order chi connectivity index (χ0) is 21.5. The minimum absolute atomic E-state index is 0.0273. The first-order valence-corrected chi connectivity index (χ1v) is 9.68. The van der Waals surface area contributed by atoms with Gasteiger partial charge in [0, 0.05) is 21.7 Å². The van der Waals surface area contributed by atoms with Crippen molar-refractivity contribution in [2.45, 2.75) is 32.5 Å². The molecule has 4 rings (SSSR count). The molecular formula is C21H17ClF3N5. The third-order valence-electron chi connectivity index (χ3n) is 4.79. The Morgan fingerprint density at radius 2 is 1.87 bits per heavy atom. The summed E-state index contributed by atoms with van der Waals surface area (Å²) in [5.74, 6) is 0.617. The summed E-state index contributed by atoms with van der Waals surface area (Å²) in [6.45, 7) is 3.89. The van der Waals surface area contributed by atoms with Gasteiger partial charge in [-0.25, -0.2) is 20.0 Å². The minimum Gasteiger partial charge on any atom is -0.308 e. The average Bonchev–Trinajstić information content (AvgIpc) is 3.06. The fourth-order valence-corrected chi connectivity index (χ4v) is 3.47. The van der Waals surface area contributed by atoms with Crippen LogP contribution in [0, 0.1) is 0 Å². The van der Waals surface area contributed by atoms with Crippen LogP contribution in [0.4, 0.5) is 19.0 Å². The molecule has 0 spiro atoms. The fraction of sp³-hybridized carbons (Fsp3) is 0.238. The molecular weight excluding hydrogens is 415 g/mol. The SMILES string of the molecule is CCC1N=C(Nc2nc(-c3ccccc3C(F)(F)F)nc3cc(Cl)ccc23)N=C1C. The Kier molecular flexibility index (Phi) is 5.19. The molecule has 1 aromatic heterocycles. The average molecular weight is 432 g/mol. The first-order chi connectivity index (χ1) is 14.3. The smallest absolute Gasteiger partial charge is 0.308 e. The number of rotatable bonds is 3. The molecule has 9 heteroatoms. The summed E-state index contributed by atoms with van der Waals surface area (Å²) >= 11 is 6.09. The fourth-order valence-electron chi connectivity index (χ4n) is 3.31. The third-order valence-corrected chi connectivity index (χ3v) is 5.03. The van der Waals surface area contributed by atoms with Crippen molar-refractivity contribution in [1.82, 2.24) is 9.97 Å². The molecule has 3 aromatic rings. The van der Waals surface area contributed by atoms with Gasteiger partial charge >= 0.3 is 6.18 Å². The number of hydrogen-bond acceptors (Lipinski definition) is 5. The van der Waals surface area contributed by atoms with Gasteiger partial charge in [0.05, 0.1) is 17.1 Å². The van der Waals surface area contributed by atoms with Gasteiger partial charge in [0.25, 0.3) is 0 Å². The molecule has 5 nitrogen and oxygen atoms in total. The molecule has 2 aromatic carbocycles. The zero-order valence-electron chi connectivity index (χ0n) is 16.1. The van der Waals surface area contributed by atoms with E-state index in [0.717, 1.165) is 18.2 Å². The van der Waals surface area contributed by atoms with Crippen molar-refractivity contribution in [3.63, 3.8) is 0 Å². The Morgan fingerprint density at radius 1 is 1.10 bits per heavy atom. The highest BCUT2D eigenvalue weighted by Gasteiger charge is 2.34. The van der Waals surface area contributed by atoms with E-state index in [1.165, 1.54) is 18.2 Å². The molecule has 1 N–H and O–H groups in total. The van der Waals surface area contributed by atoms with Crippen LogP contribution in [-0.2, 0) is 6.18 Å². The van der Waals surface area contributed by atoms with Crippen LogP contribution in [0.25, 0.3) is 22.3 Å². The Balaban J connectivity index is 1.88. The van der Waals surface area contributed by atoms with Gasteiger partial charge in [0.1, 0.15) is 5.82 Å². The van der Waals surface area contributed by atoms with Crippen molar-refractivity contribution in [1.29, 1.82) is 0 Å². The van der Waals surface area contributed by atoms with Crippen LogP contribution >= 0.6 is 11.6 Å². The van der Waals surface area contributed by atoms with E-state index in [-0.39, 0.29) is 17.4 Å². The molecule has 0 amide bonds. The summed E-state index contributed by atoms with van der Waals surface area (Å²) in [4.78, 5) is 17.7. The van der Waals surface area contributed by atoms with Crippen LogP contribution < -0.4 is 5.32 Å². The number of benzene rings is 2. The molecule has 1 unspecified atom stereocenters. The highest BCUT2D eigenvalue weighted by molar-refractivity contribution is 6.31. The maximum Gasteiger partial charge on any atom is 0.417 e. The lowest BCUT2D eigenvalue weighted by molar-refractivity contribution is -0.137. The lowest BCUT2D eigenvalue weighted by Gasteiger charge is -2.14. The van der Waals surface area contributed by atoms with Gasteiger partial charge in [-0.05, 0) is 37.6 Å². The van der Waals surface area contributed by atoms with Gasteiger partial charge in [-0.3, -0.25) is 0 Å². The number of anilines is 1. The Bertz CT molecular complexity index is 1190. The summed E-state index contributed by atoms with van der Waals surface area (Å²) in [5, 5.41) is 4.07. The van der Waals surface area contributed by atoms with Gasteiger partial charge in [0.15, 0.2) is 5.82 Å². The van der Waals surface area contributed by atoms with Crippen molar-refractivity contribution < 1.29 is 13.2 Å². The van der Waals surface area contributed by atoms with Crippen LogP contribution in [0.1, 0.15) is 25.8 Å². The van der Waals surface area contributed by atoms with Crippen LogP contribution in [0.15, 0.2) is 52.4 Å². The third kappa shape index (κ3) is 3.87. The molecule has 1 aliphatic rings. The summed E-state index contributed by atoms with van der Waals surface area (Å²) in [6.07, 6.45) is -3.74. The number of guanidine groups is 1. The Labute approximate surface area is 175 Å². The normalized spacial score (nSPS) is 16.5. The maximum absolute atomic E-state index is 13.5. The van der Waals surface area contributed by atoms with Gasteiger partial charge in [-0.2, -0.15) is 13.2 Å². The number of aliphatic imine (C=N–C) groups is 2. The van der Waals surface area contributed by atoms with E-state index in [4.69, 9.17) is 11.6 Å². The number of aromatic nitrogens is 2. The van der Waals surface area contributed by atoms with Crippen molar-refractivity contribution in [2.75, 3.05) is 5.32 Å². The summed E-state index contributed by atoms with van der Waals surface area (Å²) < 4.78 is 40.6. The number of fused-ring (bicyclic) bond motifs is 1. The van der Waals surface area contributed by atoms with E-state index in [1.54, 1.807) is 18.2 Å². The van der Waals surface area contributed by atoms with Gasteiger partial charge < -0.3 is 5.32 Å². The standard InChI is InChI=1S/C21H17ClF3N5/c1-3-16-11(2)26-20(28-16)30-19-14-9-8-12(22)10-17(14)27-18(29-19)13-6-4-5-7-15(13)21(23,24)25/h4-10,16H,3H2,1-2H3,(H,27,28,29,30). The van der Waals surface area contributed by atoms with Crippen LogP contribution in [0.5, 0.6) is 0 Å². The van der Waals surface area contributed by atoms with Crippen molar-refractivity contribution in [2.24, 2.45) is 9.98 Å². The molecule has 0 aliphatic carbocycles. The summed E-state index contributed by atoms with van der Waals surface area (Å²) in [5.41, 5.74) is 0.354. The first kappa shape index (κ1) is 20.3. The molecule has 1 aliphatic heterocycles. The molecule has 154 valence electrons. The predicted molar refractivity (Wildman–Crippen MR) is 113 cm³/mol. The quantitative estimate of drug-likeness (QED) is 0.554. The molecule has 1 atom stereocenters. The summed E-state index contributed by atoms with van der Waals surface area (Å²) in [7, 11) is 0. The number of halogens is 4. The Morgan fingerprint density at radius 3 is 2.57 bits per heavy atom. The zero-order valence-corrected chi connectivity index (χ0v) is 16.9. The lowest BCUT2D eigenvalue weighted by atomic mass is 10.1. The largest absolute Gasteiger partial charge is 0.417 e. The van der Waals surface area contributed by atoms with E-state index in [2.05, 4.69) is 25.3 Å². The van der Waals surface area contributed by atoms with E-state index >= 15 is 0 Å². The van der Waals surface area contributed by atoms with Crippen LogP contribution in [-0.4, -0.2) is 27.7 Å². The minimum atomic E-state index is -4.54. The number of nitrogens with zero attached hydrogens (tertiary/aromatic N) is 4. The van der Waals surface area contributed by atoms with E-state index in [0.29, 0.717) is 27.7 Å². The summed E-state index contributed by atoms with van der Waals surface area (Å²) in [6, 6.07) is 10.1. The van der Waals surface area contributed by atoms with E-state index in [9.17, 15) is 13.2 Å². The number of nitrogens with one attached hydrogen (secondary N) is 1. The van der Waals surface area contributed by atoms with Crippen molar-refractivity contribution in [3.05, 3.63) is 53.1 Å². The van der Waals surface area contributed by atoms with E-state index in [1.807, 2.05) is 13.8 Å². The highest BCUT2D eigenvalue weighted by atomic mass is 35.5. The number of hydrogen-bond donors (Lipinski definition) is 1. The molecule has 0 bridgehead atoms. The topological polar surface area (TPSA) is 62.5 Å². The molecule has 0 fully saturated rings. The second kappa shape index (κ2) is 7.68. The second-order valence-electron chi connectivity index (χ2n) is 6.86. The second-order valence-corrected chi connectivity index (χ2v) is 7.29. The Hall–Kier alpha value is -3.00. The van der Waals surface area contributed by atoms with Gasteiger partial charge in [-0.15, -0.1) is 0 Å². The number of alkyl halides is 3. The van der Waals surface area contributed by atoms with Crippen LogP contribution in [0.3, 0.4) is 0 Å². The molecule has 0 saturated heterocycles. The lowest BCUT2D eigenvalue weighted by Crippen LogP contribution is -2.12. The van der Waals surface area contributed by atoms with Crippen molar-refractivity contribution >= 4 is 40.0 Å². The van der Waals surface area contributed by atoms with Gasteiger partial charge in [-0.1, -0.05) is 36.7 Å². The van der Waals surface area contributed by atoms with Gasteiger partial charge in [0.2, 0.25) is 5.96 Å².